The molecule has 2 N–H and O–H groups in total. The van der Waals surface area contributed by atoms with Crippen LogP contribution in [0.2, 0.25) is 0 Å². The molecule has 146 valence electrons. The van der Waals surface area contributed by atoms with Gasteiger partial charge in [0.15, 0.2) is 0 Å². The average Bonchev–Trinajstić information content (AvgIpc) is 3.31. The number of carbonyl (C=O) groups excluding carboxylic acids is 1. The molecule has 1 saturated heterocycles. The van der Waals surface area contributed by atoms with Gasteiger partial charge in [0.25, 0.3) is 0 Å². The molecule has 4 nitrogen and oxygen atoms in total. The van der Waals surface area contributed by atoms with Gasteiger partial charge >= 0.3 is 0 Å². The second kappa shape index (κ2) is 7.01. The number of nitrogens with one attached hydrogen (secondary N) is 2. The molecule has 1 fully saturated rings. The van der Waals surface area contributed by atoms with E-state index < -0.39 is 5.41 Å². The second-order valence-corrected chi connectivity index (χ2v) is 7.59. The van der Waals surface area contributed by atoms with Crippen LogP contribution in [0.25, 0.3) is 0 Å². The molecule has 29 heavy (non-hydrogen) atoms. The molecule has 0 saturated carbocycles. The summed E-state index contributed by atoms with van der Waals surface area (Å²) in [7, 11) is 0. The van der Waals surface area contributed by atoms with E-state index in [-0.39, 0.29) is 17.8 Å². The van der Waals surface area contributed by atoms with Gasteiger partial charge in [-0.25, -0.2) is 4.39 Å². The summed E-state index contributed by atoms with van der Waals surface area (Å²) in [6.07, 6.45) is 0.767. The fraction of sp³-hybridized carbons (Fsp3) is 0.208. The van der Waals surface area contributed by atoms with Crippen molar-refractivity contribution in [3.05, 3.63) is 95.3 Å². The Kier molecular flexibility index (Phi) is 4.32. The number of halogens is 1. The molecule has 0 radical (unpaired) electrons. The van der Waals surface area contributed by atoms with Crippen LogP contribution in [0.5, 0.6) is 5.75 Å². The molecule has 1 amide bonds. The predicted molar refractivity (Wildman–Crippen MR) is 109 cm³/mol. The lowest BCUT2D eigenvalue weighted by Gasteiger charge is -2.29. The molecule has 5 rings (SSSR count). The quantitative estimate of drug-likeness (QED) is 0.700. The van der Waals surface area contributed by atoms with Crippen molar-refractivity contribution in [2.75, 3.05) is 11.9 Å². The van der Waals surface area contributed by atoms with Crippen molar-refractivity contribution in [2.45, 2.75) is 24.5 Å². The first-order valence-electron chi connectivity index (χ1n) is 9.78. The average molecular weight is 388 g/mol. The summed E-state index contributed by atoms with van der Waals surface area (Å²) in [5.74, 6) is 0.542. The van der Waals surface area contributed by atoms with Crippen molar-refractivity contribution in [3.8, 4) is 5.75 Å². The molecule has 2 atom stereocenters. The van der Waals surface area contributed by atoms with Crippen LogP contribution < -0.4 is 15.4 Å². The first-order valence-corrected chi connectivity index (χ1v) is 9.78. The molecule has 3 aromatic carbocycles. The highest BCUT2D eigenvalue weighted by molar-refractivity contribution is 6.07. The van der Waals surface area contributed by atoms with Crippen LogP contribution in [0.4, 0.5) is 10.1 Å². The topological polar surface area (TPSA) is 50.4 Å². The first-order chi connectivity index (χ1) is 14.2. The maximum Gasteiger partial charge on any atom is 0.237 e. The fourth-order valence-electron chi connectivity index (χ4n) is 4.51. The van der Waals surface area contributed by atoms with Crippen LogP contribution in [0.3, 0.4) is 0 Å². The Balaban J connectivity index is 1.37. The van der Waals surface area contributed by atoms with Gasteiger partial charge in [0.05, 0.1) is 11.5 Å². The Morgan fingerprint density at radius 3 is 2.55 bits per heavy atom. The largest absolute Gasteiger partial charge is 0.489 e. The molecule has 0 bridgehead atoms. The summed E-state index contributed by atoms with van der Waals surface area (Å²) in [6.45, 7) is 1.16. The van der Waals surface area contributed by atoms with Crippen LogP contribution in [0.1, 0.15) is 29.2 Å². The number of hydrogen-bond acceptors (Lipinski definition) is 3. The normalized spacial score (nSPS) is 22.5. The number of anilines is 1. The lowest BCUT2D eigenvalue weighted by atomic mass is 9.73. The fourth-order valence-corrected chi connectivity index (χ4v) is 4.51. The number of carbonyl (C=O) groups is 1. The molecule has 2 heterocycles. The van der Waals surface area contributed by atoms with Crippen molar-refractivity contribution in [2.24, 2.45) is 0 Å². The third-order valence-corrected chi connectivity index (χ3v) is 5.95. The zero-order valence-corrected chi connectivity index (χ0v) is 15.8. The minimum Gasteiger partial charge on any atom is -0.489 e. The highest BCUT2D eigenvalue weighted by Crippen LogP contribution is 2.50. The number of benzene rings is 3. The number of hydrogen-bond donors (Lipinski definition) is 2. The van der Waals surface area contributed by atoms with E-state index in [0.29, 0.717) is 6.61 Å². The van der Waals surface area contributed by atoms with Gasteiger partial charge in [-0.15, -0.1) is 0 Å². The van der Waals surface area contributed by atoms with E-state index >= 15 is 0 Å². The maximum atomic E-state index is 13.0. The Morgan fingerprint density at radius 1 is 1.00 bits per heavy atom. The van der Waals surface area contributed by atoms with Crippen molar-refractivity contribution < 1.29 is 13.9 Å². The lowest BCUT2D eigenvalue weighted by molar-refractivity contribution is -0.121. The number of fused-ring (bicyclic) bond motifs is 2. The monoisotopic (exact) mass is 388 g/mol. The van der Waals surface area contributed by atoms with E-state index in [4.69, 9.17) is 4.74 Å². The molecule has 2 aliphatic rings. The van der Waals surface area contributed by atoms with Crippen LogP contribution in [-0.4, -0.2) is 12.5 Å². The van der Waals surface area contributed by atoms with Crippen LogP contribution in [-0.2, 0) is 16.8 Å². The number of amides is 1. The van der Waals surface area contributed by atoms with Gasteiger partial charge in [-0.05, 0) is 60.0 Å². The highest BCUT2D eigenvalue weighted by atomic mass is 19.1. The third kappa shape index (κ3) is 2.98. The van der Waals surface area contributed by atoms with E-state index in [9.17, 15) is 9.18 Å². The Hall–Kier alpha value is -3.18. The zero-order valence-electron chi connectivity index (χ0n) is 15.8. The minimum absolute atomic E-state index is 0.0605. The van der Waals surface area contributed by atoms with E-state index in [1.807, 2.05) is 48.5 Å². The summed E-state index contributed by atoms with van der Waals surface area (Å²) in [6, 6.07) is 22.0. The highest BCUT2D eigenvalue weighted by Gasteiger charge is 2.55. The van der Waals surface area contributed by atoms with E-state index in [0.717, 1.165) is 41.1 Å². The molecular formula is C24H21FN2O2. The van der Waals surface area contributed by atoms with Crippen LogP contribution in [0.15, 0.2) is 72.8 Å². The van der Waals surface area contributed by atoms with E-state index in [2.05, 4.69) is 10.6 Å². The van der Waals surface area contributed by atoms with Crippen molar-refractivity contribution in [1.82, 2.24) is 5.32 Å². The van der Waals surface area contributed by atoms with Crippen molar-refractivity contribution >= 4 is 11.6 Å². The predicted octanol–water partition coefficient (Wildman–Crippen LogP) is 4.33. The Bertz CT molecular complexity index is 1050. The first kappa shape index (κ1) is 17.9. The number of para-hydroxylation sites is 1. The maximum absolute atomic E-state index is 13.0. The smallest absolute Gasteiger partial charge is 0.237 e. The minimum atomic E-state index is -0.576. The Morgan fingerprint density at radius 2 is 1.76 bits per heavy atom. The van der Waals surface area contributed by atoms with E-state index in [1.165, 1.54) is 12.1 Å². The SMILES string of the molecule is O=C1Nc2ccccc2[C@]12CCN[C@H]2c1ccc(OCc2ccc(F)cc2)cc1. The molecule has 0 aromatic heterocycles. The third-order valence-electron chi connectivity index (χ3n) is 5.95. The van der Waals surface area contributed by atoms with Gasteiger partial charge in [0.1, 0.15) is 18.2 Å². The van der Waals surface area contributed by atoms with Gasteiger partial charge in [0, 0.05) is 5.69 Å². The summed E-state index contributed by atoms with van der Waals surface area (Å²) in [4.78, 5) is 13.0. The zero-order chi connectivity index (χ0) is 19.8. The molecule has 0 aliphatic carbocycles. The van der Waals surface area contributed by atoms with Gasteiger partial charge in [-0.3, -0.25) is 4.79 Å². The summed E-state index contributed by atoms with van der Waals surface area (Å²) in [5, 5.41) is 6.58. The van der Waals surface area contributed by atoms with Gasteiger partial charge in [0.2, 0.25) is 5.91 Å². The van der Waals surface area contributed by atoms with Crippen LogP contribution >= 0.6 is 0 Å². The molecule has 2 aliphatic heterocycles. The Labute approximate surface area is 168 Å². The molecule has 1 spiro atoms. The molecule has 3 aromatic rings. The van der Waals surface area contributed by atoms with Gasteiger partial charge in [-0.1, -0.05) is 42.5 Å². The van der Waals surface area contributed by atoms with Crippen LogP contribution in [0, 0.1) is 5.82 Å². The standard InChI is InChI=1S/C24H21FN2O2/c25-18-9-5-16(6-10-18)15-29-19-11-7-17(8-12-19)22-24(13-14-26-22)20-3-1-2-4-21(20)27-23(24)28/h1-12,22,26H,13-15H2,(H,27,28)/t22-,24-/m0/s1. The van der Waals surface area contributed by atoms with E-state index in [1.54, 1.807) is 12.1 Å². The van der Waals surface area contributed by atoms with Gasteiger partial charge in [-0.2, -0.15) is 0 Å². The molecule has 5 heteroatoms. The molecule has 0 unspecified atom stereocenters. The summed E-state index contributed by atoms with van der Waals surface area (Å²) in [5.41, 5.74) is 3.37. The van der Waals surface area contributed by atoms with Crippen molar-refractivity contribution in [1.29, 1.82) is 0 Å². The summed E-state index contributed by atoms with van der Waals surface area (Å²) >= 11 is 0. The lowest BCUT2D eigenvalue weighted by Crippen LogP contribution is -2.39. The summed E-state index contributed by atoms with van der Waals surface area (Å²) < 4.78 is 18.8. The number of ether oxygens (including phenoxy) is 1. The van der Waals surface area contributed by atoms with Crippen molar-refractivity contribution in [3.63, 3.8) is 0 Å². The number of rotatable bonds is 4. The second-order valence-electron chi connectivity index (χ2n) is 7.59. The van der Waals surface area contributed by atoms with Gasteiger partial charge < -0.3 is 15.4 Å². The molecular weight excluding hydrogens is 367 g/mol.